The Hall–Kier alpha value is -3.00. The molecular formula is C24H25Cl2N3O4. The zero-order valence-electron chi connectivity index (χ0n) is 18.0. The van der Waals surface area contributed by atoms with Gasteiger partial charge >= 0.3 is 5.97 Å². The summed E-state index contributed by atoms with van der Waals surface area (Å²) in [5.41, 5.74) is 0.927. The molecule has 0 spiro atoms. The van der Waals surface area contributed by atoms with Crippen LogP contribution in [0.2, 0.25) is 10.0 Å². The van der Waals surface area contributed by atoms with E-state index in [9.17, 15) is 19.8 Å². The second-order valence-corrected chi connectivity index (χ2v) is 8.32. The molecule has 0 heterocycles. The Morgan fingerprint density at radius 1 is 1.00 bits per heavy atom. The van der Waals surface area contributed by atoms with Crippen LogP contribution in [0.25, 0.3) is 10.8 Å². The molecular weight excluding hydrogens is 465 g/mol. The van der Waals surface area contributed by atoms with E-state index in [0.29, 0.717) is 34.4 Å². The fourth-order valence-electron chi connectivity index (χ4n) is 3.43. The van der Waals surface area contributed by atoms with Gasteiger partial charge in [0.25, 0.3) is 5.91 Å². The Kier molecular flexibility index (Phi) is 8.38. The van der Waals surface area contributed by atoms with Crippen molar-refractivity contribution in [2.75, 3.05) is 23.7 Å². The number of aliphatic carboxylic acids is 1. The largest absolute Gasteiger partial charge is 0.480 e. The molecule has 9 heteroatoms. The number of carbonyl (C=O) groups excluding carboxylic acids is 1. The number of para-hydroxylation sites is 1. The number of halogens is 2. The van der Waals surface area contributed by atoms with Crippen molar-refractivity contribution in [1.29, 1.82) is 0 Å². The summed E-state index contributed by atoms with van der Waals surface area (Å²) in [6.07, 6.45) is 0.150. The molecule has 0 radical (unpaired) electrons. The Morgan fingerprint density at radius 2 is 1.64 bits per heavy atom. The van der Waals surface area contributed by atoms with Gasteiger partial charge in [-0.25, -0.2) is 0 Å². The van der Waals surface area contributed by atoms with Crippen LogP contribution in [0.3, 0.4) is 0 Å². The zero-order chi connectivity index (χ0) is 24.0. The van der Waals surface area contributed by atoms with Crippen LogP contribution in [0.1, 0.15) is 30.1 Å². The fraction of sp³-hybridized carbons (Fsp3) is 0.250. The molecule has 0 aliphatic rings. The number of aliphatic hydroxyl groups excluding tert-OH is 1. The topological polar surface area (TPSA) is 102 Å². The molecule has 4 N–H and O–H groups in total. The monoisotopic (exact) mass is 489 g/mol. The number of aliphatic hydroxyl groups is 1. The third-order valence-electron chi connectivity index (χ3n) is 5.05. The minimum Gasteiger partial charge on any atom is -0.480 e. The minimum atomic E-state index is -1.33. The standard InChI is InChI=1S/C24H25Cl2N3O4/c1-2-3-11-29(14-21(30)31)23(32)17-12-15-7-4-5-8-16(15)13-20(17)27-24(33)28-22-18(25)9-6-10-19(22)26/h4-10,12-13,24,27-28,33H,2-3,11,14H2,1H3,(H,30,31). The van der Waals surface area contributed by atoms with Crippen LogP contribution in [-0.4, -0.2) is 46.4 Å². The first-order valence-corrected chi connectivity index (χ1v) is 11.2. The summed E-state index contributed by atoms with van der Waals surface area (Å²) >= 11 is 12.3. The highest BCUT2D eigenvalue weighted by Crippen LogP contribution is 2.31. The molecule has 1 unspecified atom stereocenters. The first kappa shape index (κ1) is 24.6. The van der Waals surface area contributed by atoms with Gasteiger partial charge in [-0.2, -0.15) is 0 Å². The van der Waals surface area contributed by atoms with E-state index in [1.165, 1.54) is 4.90 Å². The number of carbonyl (C=O) groups is 2. The summed E-state index contributed by atoms with van der Waals surface area (Å²) in [5, 5.41) is 27.9. The maximum absolute atomic E-state index is 13.4. The number of benzene rings is 3. The number of nitrogens with one attached hydrogen (secondary N) is 2. The lowest BCUT2D eigenvalue weighted by molar-refractivity contribution is -0.137. The summed E-state index contributed by atoms with van der Waals surface area (Å²) in [5.74, 6) is -1.54. The number of nitrogens with zero attached hydrogens (tertiary/aromatic N) is 1. The van der Waals surface area contributed by atoms with Crippen LogP contribution in [-0.2, 0) is 4.79 Å². The molecule has 0 aliphatic heterocycles. The van der Waals surface area contributed by atoms with Crippen molar-refractivity contribution in [1.82, 2.24) is 4.90 Å². The van der Waals surface area contributed by atoms with Gasteiger partial charge in [0.05, 0.1) is 27.0 Å². The average Bonchev–Trinajstić information content (AvgIpc) is 2.78. The second-order valence-electron chi connectivity index (χ2n) is 7.51. The van der Waals surface area contributed by atoms with E-state index in [1.807, 2.05) is 31.2 Å². The van der Waals surface area contributed by atoms with E-state index in [2.05, 4.69) is 10.6 Å². The van der Waals surface area contributed by atoms with Crippen molar-refractivity contribution < 1.29 is 19.8 Å². The van der Waals surface area contributed by atoms with Crippen molar-refractivity contribution in [2.24, 2.45) is 0 Å². The van der Waals surface area contributed by atoms with Gasteiger partial charge in [0, 0.05) is 6.54 Å². The van der Waals surface area contributed by atoms with Crippen LogP contribution in [0.15, 0.2) is 54.6 Å². The number of unbranched alkanes of at least 4 members (excludes halogenated alkanes) is 1. The highest BCUT2D eigenvalue weighted by atomic mass is 35.5. The normalized spacial score (nSPS) is 11.8. The van der Waals surface area contributed by atoms with E-state index in [1.54, 1.807) is 30.3 Å². The fourth-order valence-corrected chi connectivity index (χ4v) is 3.93. The zero-order valence-corrected chi connectivity index (χ0v) is 19.5. The summed E-state index contributed by atoms with van der Waals surface area (Å²) in [6, 6.07) is 15.8. The Labute approximate surface area is 201 Å². The lowest BCUT2D eigenvalue weighted by Crippen LogP contribution is -2.37. The quantitative estimate of drug-likeness (QED) is 0.289. The van der Waals surface area contributed by atoms with Crippen molar-refractivity contribution >= 4 is 57.2 Å². The first-order valence-electron chi connectivity index (χ1n) is 10.5. The van der Waals surface area contributed by atoms with Crippen LogP contribution in [0, 0.1) is 0 Å². The Bertz CT molecular complexity index is 1140. The van der Waals surface area contributed by atoms with Crippen molar-refractivity contribution in [2.45, 2.75) is 26.1 Å². The predicted molar refractivity (Wildman–Crippen MR) is 132 cm³/mol. The second kappa shape index (κ2) is 11.2. The van der Waals surface area contributed by atoms with E-state index >= 15 is 0 Å². The number of hydrogen-bond acceptors (Lipinski definition) is 5. The van der Waals surface area contributed by atoms with Gasteiger partial charge in [-0.15, -0.1) is 0 Å². The summed E-state index contributed by atoms with van der Waals surface area (Å²) in [4.78, 5) is 26.0. The van der Waals surface area contributed by atoms with E-state index in [-0.39, 0.29) is 5.56 Å². The summed E-state index contributed by atoms with van der Waals surface area (Å²) in [7, 11) is 0. The van der Waals surface area contributed by atoms with Gasteiger partial charge in [-0.1, -0.05) is 66.9 Å². The maximum Gasteiger partial charge on any atom is 0.323 e. The third-order valence-corrected chi connectivity index (χ3v) is 5.68. The number of amides is 1. The molecule has 1 amide bonds. The number of rotatable bonds is 10. The number of carboxylic acids is 1. The molecule has 1 atom stereocenters. The van der Waals surface area contributed by atoms with Crippen LogP contribution in [0.4, 0.5) is 11.4 Å². The molecule has 33 heavy (non-hydrogen) atoms. The highest BCUT2D eigenvalue weighted by Gasteiger charge is 2.23. The first-order chi connectivity index (χ1) is 15.8. The number of fused-ring (bicyclic) bond motifs is 1. The molecule has 3 aromatic carbocycles. The SMILES string of the molecule is CCCCN(CC(=O)O)C(=O)c1cc2ccccc2cc1NC(O)Nc1c(Cl)cccc1Cl. The molecule has 0 fully saturated rings. The third kappa shape index (κ3) is 6.28. The Balaban J connectivity index is 1.96. The maximum atomic E-state index is 13.4. The lowest BCUT2D eigenvalue weighted by atomic mass is 10.0. The van der Waals surface area contributed by atoms with Gasteiger partial charge in [0.2, 0.25) is 6.35 Å². The minimum absolute atomic E-state index is 0.247. The molecule has 0 aromatic heterocycles. The molecule has 3 rings (SSSR count). The van der Waals surface area contributed by atoms with Crippen LogP contribution < -0.4 is 10.6 Å². The van der Waals surface area contributed by atoms with Gasteiger partial charge in [-0.3, -0.25) is 9.59 Å². The van der Waals surface area contributed by atoms with Crippen LogP contribution in [0.5, 0.6) is 0 Å². The predicted octanol–water partition coefficient (Wildman–Crippen LogP) is 5.27. The Morgan fingerprint density at radius 3 is 2.24 bits per heavy atom. The summed E-state index contributed by atoms with van der Waals surface area (Å²) < 4.78 is 0. The number of carboxylic acid groups (broad SMARTS) is 1. The molecule has 3 aromatic rings. The molecule has 0 saturated carbocycles. The smallest absolute Gasteiger partial charge is 0.323 e. The molecule has 174 valence electrons. The number of anilines is 2. The van der Waals surface area contributed by atoms with Gasteiger partial charge in [0.15, 0.2) is 0 Å². The van der Waals surface area contributed by atoms with E-state index in [4.69, 9.17) is 23.2 Å². The number of hydrogen-bond donors (Lipinski definition) is 4. The molecule has 0 bridgehead atoms. The van der Waals surface area contributed by atoms with Crippen molar-refractivity contribution in [3.05, 3.63) is 70.2 Å². The van der Waals surface area contributed by atoms with Gasteiger partial charge in [-0.05, 0) is 41.5 Å². The highest BCUT2D eigenvalue weighted by molar-refractivity contribution is 6.39. The summed E-state index contributed by atoms with van der Waals surface area (Å²) in [6.45, 7) is 1.86. The molecule has 0 saturated heterocycles. The van der Waals surface area contributed by atoms with E-state index in [0.717, 1.165) is 17.2 Å². The molecule has 0 aliphatic carbocycles. The van der Waals surface area contributed by atoms with Gasteiger partial charge < -0.3 is 25.7 Å². The average molecular weight is 490 g/mol. The van der Waals surface area contributed by atoms with E-state index < -0.39 is 24.8 Å². The molecule has 7 nitrogen and oxygen atoms in total. The van der Waals surface area contributed by atoms with Gasteiger partial charge in [0.1, 0.15) is 6.54 Å². The van der Waals surface area contributed by atoms with Crippen molar-refractivity contribution in [3.63, 3.8) is 0 Å². The lowest BCUT2D eigenvalue weighted by Gasteiger charge is -2.24. The van der Waals surface area contributed by atoms with Crippen molar-refractivity contribution in [3.8, 4) is 0 Å². The van der Waals surface area contributed by atoms with Crippen LogP contribution >= 0.6 is 23.2 Å².